The molecular formula is C21H21ClN2O3. The number of halogens is 1. The van der Waals surface area contributed by atoms with Gasteiger partial charge in [0, 0.05) is 24.0 Å². The number of rotatable bonds is 6. The lowest BCUT2D eigenvalue weighted by molar-refractivity contribution is -0.121. The molecule has 0 spiro atoms. The lowest BCUT2D eigenvalue weighted by Gasteiger charge is -2.17. The molecule has 0 unspecified atom stereocenters. The molecule has 0 saturated heterocycles. The number of fused-ring (bicyclic) bond motifs is 1. The van der Waals surface area contributed by atoms with Crippen molar-refractivity contribution in [1.82, 2.24) is 10.2 Å². The van der Waals surface area contributed by atoms with Crippen LogP contribution in [-0.4, -0.2) is 35.2 Å². The summed E-state index contributed by atoms with van der Waals surface area (Å²) in [5, 5.41) is 3.56. The number of benzene rings is 2. The van der Waals surface area contributed by atoms with E-state index in [-0.39, 0.29) is 36.7 Å². The van der Waals surface area contributed by atoms with Gasteiger partial charge in [-0.1, -0.05) is 41.4 Å². The topological polar surface area (TPSA) is 66.5 Å². The molecule has 27 heavy (non-hydrogen) atoms. The number of carbonyl (C=O) groups is 3. The van der Waals surface area contributed by atoms with Gasteiger partial charge in [0.05, 0.1) is 11.1 Å². The van der Waals surface area contributed by atoms with Crippen LogP contribution in [-0.2, 0) is 11.2 Å². The van der Waals surface area contributed by atoms with Crippen LogP contribution in [0.2, 0.25) is 5.02 Å². The molecule has 2 aromatic carbocycles. The lowest BCUT2D eigenvalue weighted by atomic mass is 10.1. The van der Waals surface area contributed by atoms with Crippen molar-refractivity contribution in [2.45, 2.75) is 32.7 Å². The molecule has 0 aliphatic carbocycles. The van der Waals surface area contributed by atoms with Gasteiger partial charge in [-0.05, 0) is 44.0 Å². The molecule has 1 aliphatic rings. The second-order valence-corrected chi connectivity index (χ2v) is 7.23. The van der Waals surface area contributed by atoms with Crippen molar-refractivity contribution in [1.29, 1.82) is 0 Å². The van der Waals surface area contributed by atoms with Crippen molar-refractivity contribution in [3.05, 3.63) is 69.7 Å². The summed E-state index contributed by atoms with van der Waals surface area (Å²) >= 11 is 6.15. The normalized spacial score (nSPS) is 14.3. The van der Waals surface area contributed by atoms with Gasteiger partial charge >= 0.3 is 0 Å². The zero-order valence-corrected chi connectivity index (χ0v) is 16.0. The summed E-state index contributed by atoms with van der Waals surface area (Å²) < 4.78 is 0. The first kappa shape index (κ1) is 19.1. The molecule has 140 valence electrons. The van der Waals surface area contributed by atoms with E-state index in [2.05, 4.69) is 5.32 Å². The first-order chi connectivity index (χ1) is 12.9. The SMILES string of the molecule is Cc1ccc2c(c1)C(=O)N(CCC(=O)N[C@@H](C)Cc1ccccc1Cl)C2=O. The van der Waals surface area contributed by atoms with Gasteiger partial charge < -0.3 is 5.32 Å². The van der Waals surface area contributed by atoms with Crippen molar-refractivity contribution in [2.75, 3.05) is 6.54 Å². The Balaban J connectivity index is 1.54. The molecule has 6 heteroatoms. The van der Waals surface area contributed by atoms with E-state index >= 15 is 0 Å². The second kappa shape index (κ2) is 7.92. The van der Waals surface area contributed by atoms with Crippen LogP contribution in [0.15, 0.2) is 42.5 Å². The quantitative estimate of drug-likeness (QED) is 0.776. The number of imide groups is 1. The van der Waals surface area contributed by atoms with Gasteiger partial charge in [0.15, 0.2) is 0 Å². The van der Waals surface area contributed by atoms with Crippen LogP contribution >= 0.6 is 11.6 Å². The van der Waals surface area contributed by atoms with Crippen LogP contribution in [0, 0.1) is 6.92 Å². The Morgan fingerprint density at radius 2 is 1.81 bits per heavy atom. The predicted octanol–water partition coefficient (Wildman–Crippen LogP) is 3.38. The molecule has 0 saturated carbocycles. The van der Waals surface area contributed by atoms with Crippen LogP contribution in [0.5, 0.6) is 0 Å². The molecule has 1 N–H and O–H groups in total. The summed E-state index contributed by atoms with van der Waals surface area (Å²) in [5.41, 5.74) is 2.69. The number of hydrogen-bond donors (Lipinski definition) is 1. The number of nitrogens with one attached hydrogen (secondary N) is 1. The smallest absolute Gasteiger partial charge is 0.261 e. The number of nitrogens with zero attached hydrogens (tertiary/aromatic N) is 1. The van der Waals surface area contributed by atoms with E-state index in [1.807, 2.05) is 38.1 Å². The van der Waals surface area contributed by atoms with E-state index in [1.165, 1.54) is 0 Å². The van der Waals surface area contributed by atoms with Gasteiger partial charge in [0.1, 0.15) is 0 Å². The first-order valence-corrected chi connectivity index (χ1v) is 9.24. The minimum absolute atomic E-state index is 0.0655. The summed E-state index contributed by atoms with van der Waals surface area (Å²) in [6.45, 7) is 3.83. The van der Waals surface area contributed by atoms with Gasteiger partial charge in [-0.2, -0.15) is 0 Å². The Morgan fingerprint density at radius 3 is 2.56 bits per heavy atom. The highest BCUT2D eigenvalue weighted by Crippen LogP contribution is 2.24. The van der Waals surface area contributed by atoms with Gasteiger partial charge in [0.2, 0.25) is 5.91 Å². The molecule has 0 bridgehead atoms. The Kier molecular flexibility index (Phi) is 5.61. The van der Waals surface area contributed by atoms with Crippen molar-refractivity contribution >= 4 is 29.3 Å². The Labute approximate surface area is 163 Å². The largest absolute Gasteiger partial charge is 0.353 e. The first-order valence-electron chi connectivity index (χ1n) is 8.86. The summed E-state index contributed by atoms with van der Waals surface area (Å²) in [6.07, 6.45) is 0.676. The fourth-order valence-electron chi connectivity index (χ4n) is 3.21. The Bertz CT molecular complexity index is 910. The number of aryl methyl sites for hydroxylation is 1. The van der Waals surface area contributed by atoms with Gasteiger partial charge in [-0.3, -0.25) is 19.3 Å². The zero-order chi connectivity index (χ0) is 19.6. The summed E-state index contributed by atoms with van der Waals surface area (Å²) in [5.74, 6) is -0.884. The Morgan fingerprint density at radius 1 is 1.11 bits per heavy atom. The van der Waals surface area contributed by atoms with E-state index in [0.717, 1.165) is 16.0 Å². The third-order valence-corrected chi connectivity index (χ3v) is 4.95. The minimum atomic E-state index is -0.341. The monoisotopic (exact) mass is 384 g/mol. The van der Waals surface area contributed by atoms with Crippen molar-refractivity contribution < 1.29 is 14.4 Å². The molecule has 3 rings (SSSR count). The van der Waals surface area contributed by atoms with Crippen LogP contribution in [0.25, 0.3) is 0 Å². The third kappa shape index (κ3) is 4.19. The predicted molar refractivity (Wildman–Crippen MR) is 104 cm³/mol. The molecule has 0 fully saturated rings. The lowest BCUT2D eigenvalue weighted by Crippen LogP contribution is -2.38. The molecule has 0 radical (unpaired) electrons. The van der Waals surface area contributed by atoms with E-state index in [1.54, 1.807) is 18.2 Å². The van der Waals surface area contributed by atoms with E-state index < -0.39 is 0 Å². The highest BCUT2D eigenvalue weighted by Gasteiger charge is 2.35. The third-order valence-electron chi connectivity index (χ3n) is 4.58. The van der Waals surface area contributed by atoms with Crippen molar-refractivity contribution in [2.24, 2.45) is 0 Å². The van der Waals surface area contributed by atoms with Crippen LogP contribution < -0.4 is 5.32 Å². The molecule has 3 amide bonds. The maximum absolute atomic E-state index is 12.4. The average molecular weight is 385 g/mol. The summed E-state index contributed by atoms with van der Waals surface area (Å²) in [6, 6.07) is 12.6. The number of hydrogen-bond acceptors (Lipinski definition) is 3. The molecule has 1 atom stereocenters. The van der Waals surface area contributed by atoms with E-state index in [4.69, 9.17) is 11.6 Å². The number of carbonyl (C=O) groups excluding carboxylic acids is 3. The molecule has 0 aromatic heterocycles. The van der Waals surface area contributed by atoms with E-state index in [9.17, 15) is 14.4 Å². The molecule has 1 heterocycles. The minimum Gasteiger partial charge on any atom is -0.353 e. The molecule has 1 aliphatic heterocycles. The molecule has 2 aromatic rings. The van der Waals surface area contributed by atoms with Gasteiger partial charge in [-0.25, -0.2) is 0 Å². The number of amides is 3. The standard InChI is InChI=1S/C21H21ClN2O3/c1-13-7-8-16-17(11-13)21(27)24(20(16)26)10-9-19(25)23-14(2)12-15-5-3-4-6-18(15)22/h3-8,11,14H,9-10,12H2,1-2H3,(H,23,25)/t14-/m0/s1. The van der Waals surface area contributed by atoms with Crippen molar-refractivity contribution in [3.63, 3.8) is 0 Å². The van der Waals surface area contributed by atoms with Crippen LogP contribution in [0.3, 0.4) is 0 Å². The fourth-order valence-corrected chi connectivity index (χ4v) is 3.43. The van der Waals surface area contributed by atoms with Gasteiger partial charge in [-0.15, -0.1) is 0 Å². The van der Waals surface area contributed by atoms with E-state index in [0.29, 0.717) is 22.6 Å². The Hall–Kier alpha value is -2.66. The van der Waals surface area contributed by atoms with Crippen LogP contribution in [0.1, 0.15) is 45.2 Å². The second-order valence-electron chi connectivity index (χ2n) is 6.83. The van der Waals surface area contributed by atoms with Crippen LogP contribution in [0.4, 0.5) is 0 Å². The summed E-state index contributed by atoms with van der Waals surface area (Å²) in [7, 11) is 0. The molecular weight excluding hydrogens is 364 g/mol. The fraction of sp³-hybridized carbons (Fsp3) is 0.286. The van der Waals surface area contributed by atoms with Crippen molar-refractivity contribution in [3.8, 4) is 0 Å². The summed E-state index contributed by atoms with van der Waals surface area (Å²) in [4.78, 5) is 38.2. The molecule has 5 nitrogen and oxygen atoms in total. The average Bonchev–Trinajstić information content (AvgIpc) is 2.85. The van der Waals surface area contributed by atoms with Gasteiger partial charge in [0.25, 0.3) is 11.8 Å². The maximum atomic E-state index is 12.4. The maximum Gasteiger partial charge on any atom is 0.261 e. The highest BCUT2D eigenvalue weighted by atomic mass is 35.5. The zero-order valence-electron chi connectivity index (χ0n) is 15.3. The highest BCUT2D eigenvalue weighted by molar-refractivity contribution is 6.31.